The van der Waals surface area contributed by atoms with Crippen molar-refractivity contribution >= 4 is 0 Å². The second kappa shape index (κ2) is 7.31. The highest BCUT2D eigenvalue weighted by Crippen LogP contribution is 2.69. The SMILES string of the molecule is CC[C@H]1CC2C(CC[C@@]3(C)C2CC[C@@H]3[C@H](C)CCO)[C@@]2(C)CC[C@@H](O)CC12. The second-order valence-electron chi connectivity index (χ2n) is 11.5. The topological polar surface area (TPSA) is 40.5 Å². The summed E-state index contributed by atoms with van der Waals surface area (Å²) in [5, 5.41) is 19.9. The summed E-state index contributed by atoms with van der Waals surface area (Å²) in [5.74, 6) is 5.76. The van der Waals surface area contributed by atoms with Crippen molar-refractivity contribution in [3.05, 3.63) is 0 Å². The third-order valence-corrected chi connectivity index (χ3v) is 10.7. The van der Waals surface area contributed by atoms with Crippen LogP contribution in [0.1, 0.15) is 91.9 Å². The van der Waals surface area contributed by atoms with E-state index in [1.807, 2.05) is 0 Å². The molecule has 10 atom stereocenters. The van der Waals surface area contributed by atoms with Gasteiger partial charge in [0.05, 0.1) is 6.10 Å². The molecule has 2 nitrogen and oxygen atoms in total. The van der Waals surface area contributed by atoms with E-state index in [9.17, 15) is 10.2 Å². The van der Waals surface area contributed by atoms with Crippen molar-refractivity contribution in [2.75, 3.05) is 6.61 Å². The molecule has 0 aliphatic heterocycles. The van der Waals surface area contributed by atoms with Crippen LogP contribution in [0.3, 0.4) is 0 Å². The van der Waals surface area contributed by atoms with Crippen molar-refractivity contribution in [3.8, 4) is 0 Å². The van der Waals surface area contributed by atoms with Crippen LogP contribution in [0, 0.1) is 52.3 Å². The van der Waals surface area contributed by atoms with E-state index in [0.29, 0.717) is 23.4 Å². The van der Waals surface area contributed by atoms with Crippen molar-refractivity contribution in [1.82, 2.24) is 0 Å². The predicted octanol–water partition coefficient (Wildman–Crippen LogP) is 5.66. The molecule has 2 heteroatoms. The van der Waals surface area contributed by atoms with Gasteiger partial charge in [0.15, 0.2) is 0 Å². The van der Waals surface area contributed by atoms with Gasteiger partial charge >= 0.3 is 0 Å². The van der Waals surface area contributed by atoms with E-state index in [1.54, 1.807) is 0 Å². The van der Waals surface area contributed by atoms with Crippen molar-refractivity contribution in [3.63, 3.8) is 0 Å². The van der Waals surface area contributed by atoms with Crippen LogP contribution in [-0.4, -0.2) is 22.9 Å². The zero-order valence-corrected chi connectivity index (χ0v) is 18.3. The molecule has 0 saturated heterocycles. The summed E-state index contributed by atoms with van der Waals surface area (Å²) in [6.45, 7) is 10.4. The Labute approximate surface area is 167 Å². The summed E-state index contributed by atoms with van der Waals surface area (Å²) in [4.78, 5) is 0. The van der Waals surface area contributed by atoms with Gasteiger partial charge in [-0.1, -0.05) is 34.1 Å². The Morgan fingerprint density at radius 1 is 0.926 bits per heavy atom. The second-order valence-corrected chi connectivity index (χ2v) is 11.5. The van der Waals surface area contributed by atoms with E-state index in [-0.39, 0.29) is 6.10 Å². The van der Waals surface area contributed by atoms with Crippen molar-refractivity contribution in [1.29, 1.82) is 0 Å². The highest BCUT2D eigenvalue weighted by Gasteiger charge is 2.62. The number of aliphatic hydroxyl groups is 2. The zero-order chi connectivity index (χ0) is 19.4. The predicted molar refractivity (Wildman–Crippen MR) is 111 cm³/mol. The summed E-state index contributed by atoms with van der Waals surface area (Å²) in [5.41, 5.74) is 0.977. The molecule has 0 aromatic heterocycles. The van der Waals surface area contributed by atoms with Gasteiger partial charge in [-0.3, -0.25) is 0 Å². The normalized spacial score (nSPS) is 53.3. The quantitative estimate of drug-likeness (QED) is 0.664. The molecule has 0 bridgehead atoms. The average Bonchev–Trinajstić information content (AvgIpc) is 2.99. The van der Waals surface area contributed by atoms with Gasteiger partial charge in [-0.05, 0) is 110 Å². The lowest BCUT2D eigenvalue weighted by Gasteiger charge is -2.63. The standard InChI is InChI=1S/C25H44O2/c1-5-17-14-19-21-7-6-20(16(2)10-13-26)24(21,3)12-9-22(19)25(4)11-8-18(27)15-23(17)25/h16-23,26-27H,5-15H2,1-4H3/t16-,17+,18-,19?,20-,21?,22?,23?,24-,25-/m1/s1. The molecule has 27 heavy (non-hydrogen) atoms. The molecule has 2 N–H and O–H groups in total. The Morgan fingerprint density at radius 3 is 2.33 bits per heavy atom. The van der Waals surface area contributed by atoms with E-state index < -0.39 is 0 Å². The van der Waals surface area contributed by atoms with E-state index in [0.717, 1.165) is 54.8 Å². The Morgan fingerprint density at radius 2 is 1.63 bits per heavy atom. The lowest BCUT2D eigenvalue weighted by molar-refractivity contribution is -0.152. The summed E-state index contributed by atoms with van der Waals surface area (Å²) in [6, 6.07) is 0. The number of hydrogen-bond donors (Lipinski definition) is 2. The Hall–Kier alpha value is -0.0800. The summed E-state index contributed by atoms with van der Waals surface area (Å²) in [7, 11) is 0. The van der Waals surface area contributed by atoms with Crippen LogP contribution in [0.4, 0.5) is 0 Å². The average molecular weight is 377 g/mol. The fourth-order valence-corrected chi connectivity index (χ4v) is 9.31. The molecule has 156 valence electrons. The number of rotatable bonds is 4. The summed E-state index contributed by atoms with van der Waals surface area (Å²) in [6.07, 6.45) is 12.7. The largest absolute Gasteiger partial charge is 0.396 e. The Kier molecular flexibility index (Phi) is 5.47. The highest BCUT2D eigenvalue weighted by atomic mass is 16.3. The van der Waals surface area contributed by atoms with Gasteiger partial charge in [0.25, 0.3) is 0 Å². The van der Waals surface area contributed by atoms with Crippen molar-refractivity contribution < 1.29 is 10.2 Å². The molecule has 4 unspecified atom stereocenters. The van der Waals surface area contributed by atoms with Crippen LogP contribution in [0.15, 0.2) is 0 Å². The zero-order valence-electron chi connectivity index (χ0n) is 18.3. The van der Waals surface area contributed by atoms with Crippen LogP contribution in [0.25, 0.3) is 0 Å². The third-order valence-electron chi connectivity index (χ3n) is 10.7. The summed E-state index contributed by atoms with van der Waals surface area (Å²) < 4.78 is 0. The first-order valence-electron chi connectivity index (χ1n) is 12.1. The molecular weight excluding hydrogens is 332 g/mol. The molecule has 0 heterocycles. The smallest absolute Gasteiger partial charge is 0.0543 e. The molecule has 0 aromatic carbocycles. The maximum Gasteiger partial charge on any atom is 0.0543 e. The van der Waals surface area contributed by atoms with Gasteiger partial charge in [-0.2, -0.15) is 0 Å². The van der Waals surface area contributed by atoms with Crippen LogP contribution in [-0.2, 0) is 0 Å². The molecule has 0 aromatic rings. The monoisotopic (exact) mass is 376 g/mol. The molecule has 0 radical (unpaired) electrons. The van der Waals surface area contributed by atoms with Gasteiger partial charge in [-0.15, -0.1) is 0 Å². The molecule has 4 saturated carbocycles. The van der Waals surface area contributed by atoms with Crippen LogP contribution in [0.2, 0.25) is 0 Å². The maximum atomic E-state index is 10.4. The Bertz CT molecular complexity index is 532. The minimum absolute atomic E-state index is 0.0438. The van der Waals surface area contributed by atoms with E-state index in [2.05, 4.69) is 27.7 Å². The first-order valence-corrected chi connectivity index (χ1v) is 12.1. The van der Waals surface area contributed by atoms with Crippen molar-refractivity contribution in [2.45, 2.75) is 98.0 Å². The molecule has 4 rings (SSSR count). The van der Waals surface area contributed by atoms with Gasteiger partial charge in [-0.25, -0.2) is 0 Å². The van der Waals surface area contributed by atoms with Crippen LogP contribution < -0.4 is 0 Å². The Balaban J connectivity index is 1.61. The van der Waals surface area contributed by atoms with Gasteiger partial charge in [0, 0.05) is 6.61 Å². The first-order chi connectivity index (χ1) is 12.8. The van der Waals surface area contributed by atoms with Gasteiger partial charge in [0.2, 0.25) is 0 Å². The third kappa shape index (κ3) is 3.03. The first kappa shape index (κ1) is 20.2. The molecular formula is C25H44O2. The highest BCUT2D eigenvalue weighted by molar-refractivity contribution is 5.11. The lowest BCUT2D eigenvalue weighted by Crippen LogP contribution is -2.56. The van der Waals surface area contributed by atoms with Crippen LogP contribution in [0.5, 0.6) is 0 Å². The fourth-order valence-electron chi connectivity index (χ4n) is 9.31. The molecule has 0 spiro atoms. The van der Waals surface area contributed by atoms with Gasteiger partial charge < -0.3 is 10.2 Å². The van der Waals surface area contributed by atoms with Crippen molar-refractivity contribution in [2.24, 2.45) is 52.3 Å². The number of hydrogen-bond acceptors (Lipinski definition) is 2. The molecule has 4 aliphatic carbocycles. The van der Waals surface area contributed by atoms with E-state index in [1.165, 1.54) is 44.9 Å². The van der Waals surface area contributed by atoms with Crippen LogP contribution >= 0.6 is 0 Å². The number of fused-ring (bicyclic) bond motifs is 5. The van der Waals surface area contributed by atoms with E-state index in [4.69, 9.17) is 0 Å². The fraction of sp³-hybridized carbons (Fsp3) is 1.00. The van der Waals surface area contributed by atoms with Gasteiger partial charge in [0.1, 0.15) is 0 Å². The molecule has 4 aliphatic rings. The molecule has 0 amide bonds. The lowest BCUT2D eigenvalue weighted by atomic mass is 9.42. The minimum atomic E-state index is -0.0438. The maximum absolute atomic E-state index is 10.4. The minimum Gasteiger partial charge on any atom is -0.396 e. The summed E-state index contributed by atoms with van der Waals surface area (Å²) >= 11 is 0. The number of aliphatic hydroxyl groups excluding tert-OH is 2. The van der Waals surface area contributed by atoms with E-state index >= 15 is 0 Å². The molecule has 4 fully saturated rings.